The second kappa shape index (κ2) is 8.09. The molecule has 0 amide bonds. The molecule has 0 atom stereocenters. The van der Waals surface area contributed by atoms with E-state index >= 15 is 0 Å². The number of nitrogens with one attached hydrogen (secondary N) is 1. The van der Waals surface area contributed by atoms with Crippen LogP contribution in [0, 0.1) is 0 Å². The van der Waals surface area contributed by atoms with Crippen LogP contribution < -0.4 is 10.1 Å². The van der Waals surface area contributed by atoms with E-state index in [-0.39, 0.29) is 12.4 Å². The maximum absolute atomic E-state index is 6.24. The lowest BCUT2D eigenvalue weighted by Crippen LogP contribution is -2.16. The van der Waals surface area contributed by atoms with Gasteiger partial charge >= 0.3 is 0 Å². The van der Waals surface area contributed by atoms with Crippen LogP contribution in [-0.2, 0) is 13.2 Å². The van der Waals surface area contributed by atoms with Gasteiger partial charge in [-0.25, -0.2) is 0 Å². The molecule has 3 aromatic carbocycles. The molecule has 3 aromatic rings. The minimum atomic E-state index is 0. The van der Waals surface area contributed by atoms with Crippen LogP contribution in [0.2, 0.25) is 5.02 Å². The van der Waals surface area contributed by atoms with E-state index in [1.54, 1.807) is 0 Å². The highest BCUT2D eigenvalue weighted by atomic mass is 35.5. The molecule has 0 aromatic heterocycles. The Bertz CT molecular complexity index is 861. The van der Waals surface area contributed by atoms with E-state index in [4.69, 9.17) is 16.3 Å². The highest BCUT2D eigenvalue weighted by Gasteiger charge is 2.21. The Kier molecular flexibility index (Phi) is 5.85. The van der Waals surface area contributed by atoms with Gasteiger partial charge in [0.05, 0.1) is 0 Å². The van der Waals surface area contributed by atoms with Crippen LogP contribution in [0.1, 0.15) is 24.0 Å². The number of fused-ring (bicyclic) bond motifs is 1. The fraction of sp³-hybridized carbons (Fsp3) is 0.238. The first kappa shape index (κ1) is 18.1. The van der Waals surface area contributed by atoms with Crippen molar-refractivity contribution >= 4 is 34.8 Å². The molecule has 1 saturated carbocycles. The molecule has 25 heavy (non-hydrogen) atoms. The summed E-state index contributed by atoms with van der Waals surface area (Å²) in [5.74, 6) is 0.932. The molecule has 1 aliphatic rings. The van der Waals surface area contributed by atoms with Gasteiger partial charge in [0.25, 0.3) is 0 Å². The summed E-state index contributed by atoms with van der Waals surface area (Å²) in [4.78, 5) is 0. The predicted molar refractivity (Wildman–Crippen MR) is 107 cm³/mol. The van der Waals surface area contributed by atoms with Gasteiger partial charge in [-0.2, -0.15) is 0 Å². The van der Waals surface area contributed by atoms with E-state index in [9.17, 15) is 0 Å². The molecule has 0 spiro atoms. The second-order valence-corrected chi connectivity index (χ2v) is 6.71. The quantitative estimate of drug-likeness (QED) is 0.594. The summed E-state index contributed by atoms with van der Waals surface area (Å²) < 4.78 is 6.14. The molecule has 0 saturated heterocycles. The molecule has 1 aliphatic carbocycles. The lowest BCUT2D eigenvalue weighted by Gasteiger charge is -2.15. The van der Waals surface area contributed by atoms with E-state index in [1.807, 2.05) is 24.3 Å². The first-order valence-corrected chi connectivity index (χ1v) is 8.79. The smallest absolute Gasteiger partial charge is 0.124 e. The molecule has 0 bridgehead atoms. The number of rotatable bonds is 6. The minimum Gasteiger partial charge on any atom is -0.488 e. The average Bonchev–Trinajstić information content (AvgIpc) is 3.44. The summed E-state index contributed by atoms with van der Waals surface area (Å²) in [5.41, 5.74) is 2.24. The summed E-state index contributed by atoms with van der Waals surface area (Å²) in [6.07, 6.45) is 2.56. The van der Waals surface area contributed by atoms with E-state index in [1.165, 1.54) is 29.2 Å². The third kappa shape index (κ3) is 4.27. The van der Waals surface area contributed by atoms with Crippen LogP contribution in [0.5, 0.6) is 5.75 Å². The third-order valence-corrected chi connectivity index (χ3v) is 4.85. The van der Waals surface area contributed by atoms with Crippen molar-refractivity contribution in [1.29, 1.82) is 0 Å². The van der Waals surface area contributed by atoms with Crippen LogP contribution in [0.25, 0.3) is 10.8 Å². The topological polar surface area (TPSA) is 21.3 Å². The summed E-state index contributed by atoms with van der Waals surface area (Å²) in [7, 11) is 0. The first-order valence-electron chi connectivity index (χ1n) is 8.41. The van der Waals surface area contributed by atoms with Gasteiger partial charge in [0.15, 0.2) is 0 Å². The van der Waals surface area contributed by atoms with Crippen molar-refractivity contribution < 1.29 is 4.74 Å². The fourth-order valence-corrected chi connectivity index (χ4v) is 3.13. The van der Waals surface area contributed by atoms with E-state index in [2.05, 4.69) is 41.7 Å². The predicted octanol–water partition coefficient (Wildman–Crippen LogP) is 5.75. The third-order valence-electron chi connectivity index (χ3n) is 4.48. The summed E-state index contributed by atoms with van der Waals surface area (Å²) in [6.45, 7) is 1.32. The maximum atomic E-state index is 6.24. The fourth-order valence-electron chi connectivity index (χ4n) is 2.94. The standard InChI is InChI=1S/C21H20ClNO.ClH/c22-20-8-4-2-6-16(20)14-24-21-12-9-15-5-1-3-7-18(15)19(21)13-23-17-10-11-17;/h1-9,12,17,23H,10-11,13-14H2;1H. The minimum absolute atomic E-state index is 0. The molecule has 2 nitrogen and oxygen atoms in total. The Morgan fingerprint density at radius 1 is 0.960 bits per heavy atom. The Labute approximate surface area is 159 Å². The van der Waals surface area contributed by atoms with Crippen LogP contribution in [0.15, 0.2) is 60.7 Å². The van der Waals surface area contributed by atoms with E-state index < -0.39 is 0 Å². The van der Waals surface area contributed by atoms with Gasteiger partial charge < -0.3 is 10.1 Å². The Morgan fingerprint density at radius 2 is 1.72 bits per heavy atom. The number of ether oxygens (including phenoxy) is 1. The number of hydrogen-bond acceptors (Lipinski definition) is 2. The van der Waals surface area contributed by atoms with Crippen molar-refractivity contribution in [2.24, 2.45) is 0 Å². The maximum Gasteiger partial charge on any atom is 0.124 e. The van der Waals surface area contributed by atoms with Gasteiger partial charge in [0, 0.05) is 28.7 Å². The van der Waals surface area contributed by atoms with Crippen molar-refractivity contribution in [3.63, 3.8) is 0 Å². The van der Waals surface area contributed by atoms with Gasteiger partial charge in [-0.1, -0.05) is 60.1 Å². The molecule has 0 aliphatic heterocycles. The molecule has 130 valence electrons. The lowest BCUT2D eigenvalue weighted by atomic mass is 10.0. The Morgan fingerprint density at radius 3 is 2.52 bits per heavy atom. The van der Waals surface area contributed by atoms with Crippen molar-refractivity contribution in [3.8, 4) is 5.75 Å². The molecule has 0 radical (unpaired) electrons. The van der Waals surface area contributed by atoms with Crippen LogP contribution in [0.4, 0.5) is 0 Å². The highest BCUT2D eigenvalue weighted by molar-refractivity contribution is 6.31. The molecule has 1 fully saturated rings. The molecule has 4 heteroatoms. The van der Waals surface area contributed by atoms with Crippen molar-refractivity contribution in [2.75, 3.05) is 0 Å². The van der Waals surface area contributed by atoms with E-state index in [0.29, 0.717) is 12.6 Å². The summed E-state index contributed by atoms with van der Waals surface area (Å²) >= 11 is 6.24. The monoisotopic (exact) mass is 373 g/mol. The van der Waals surface area contributed by atoms with Crippen molar-refractivity contribution in [2.45, 2.75) is 32.0 Å². The van der Waals surface area contributed by atoms with Crippen LogP contribution in [0.3, 0.4) is 0 Å². The number of halogens is 2. The number of benzene rings is 3. The molecule has 1 N–H and O–H groups in total. The van der Waals surface area contributed by atoms with Gasteiger partial charge in [-0.15, -0.1) is 12.4 Å². The largest absolute Gasteiger partial charge is 0.488 e. The molecule has 4 rings (SSSR count). The van der Waals surface area contributed by atoms with Crippen LogP contribution >= 0.6 is 24.0 Å². The second-order valence-electron chi connectivity index (χ2n) is 6.30. The summed E-state index contributed by atoms with van der Waals surface area (Å²) in [6, 6.07) is 21.2. The van der Waals surface area contributed by atoms with E-state index in [0.717, 1.165) is 22.9 Å². The van der Waals surface area contributed by atoms with Gasteiger partial charge in [0.1, 0.15) is 12.4 Å². The van der Waals surface area contributed by atoms with Gasteiger partial charge in [-0.3, -0.25) is 0 Å². The first-order chi connectivity index (χ1) is 11.8. The molecular weight excluding hydrogens is 353 g/mol. The SMILES string of the molecule is Cl.Clc1ccccc1COc1ccc2ccccc2c1CNC1CC1. The zero-order valence-corrected chi connectivity index (χ0v) is 15.4. The van der Waals surface area contributed by atoms with Crippen molar-refractivity contribution in [3.05, 3.63) is 76.8 Å². The average molecular weight is 374 g/mol. The number of hydrogen-bond donors (Lipinski definition) is 1. The zero-order valence-electron chi connectivity index (χ0n) is 13.9. The zero-order chi connectivity index (χ0) is 16.4. The lowest BCUT2D eigenvalue weighted by molar-refractivity contribution is 0.303. The van der Waals surface area contributed by atoms with Crippen molar-refractivity contribution in [1.82, 2.24) is 5.32 Å². The van der Waals surface area contributed by atoms with Gasteiger partial charge in [0.2, 0.25) is 0 Å². The molecule has 0 heterocycles. The van der Waals surface area contributed by atoms with Gasteiger partial charge in [-0.05, 0) is 35.7 Å². The Balaban J connectivity index is 0.00000182. The van der Waals surface area contributed by atoms with Crippen LogP contribution in [-0.4, -0.2) is 6.04 Å². The highest BCUT2D eigenvalue weighted by Crippen LogP contribution is 2.30. The Hall–Kier alpha value is -1.74. The summed E-state index contributed by atoms with van der Waals surface area (Å²) in [5, 5.41) is 6.85. The molecular formula is C21H21Cl2NO. The normalized spacial score (nSPS) is 13.5. The molecule has 0 unspecified atom stereocenters.